The highest BCUT2D eigenvalue weighted by atomic mass is 35.5. The van der Waals surface area contributed by atoms with Crippen LogP contribution in [0.4, 0.5) is 0 Å². The summed E-state index contributed by atoms with van der Waals surface area (Å²) in [5, 5.41) is 0.742. The number of hydrogen-bond acceptors (Lipinski definition) is 3. The number of benzene rings is 1. The van der Waals surface area contributed by atoms with Crippen molar-refractivity contribution in [3.63, 3.8) is 0 Å². The van der Waals surface area contributed by atoms with Crippen LogP contribution in [0.2, 0.25) is 5.02 Å². The van der Waals surface area contributed by atoms with Crippen molar-refractivity contribution in [1.29, 1.82) is 0 Å². The zero-order chi connectivity index (χ0) is 12.3. The number of rotatable bonds is 4. The third-order valence-electron chi connectivity index (χ3n) is 2.73. The van der Waals surface area contributed by atoms with Crippen LogP contribution in [-0.4, -0.2) is 20.8 Å². The molecule has 0 bridgehead atoms. The van der Waals surface area contributed by atoms with E-state index in [0.29, 0.717) is 6.54 Å². The van der Waals surface area contributed by atoms with E-state index in [-0.39, 0.29) is 6.10 Å². The normalized spacial score (nSPS) is 12.6. The Balaban J connectivity index is 3.40. The average Bonchev–Trinajstić information content (AvgIpc) is 2.29. The number of nitrogens with two attached hydrogens (primary N) is 1. The van der Waals surface area contributed by atoms with E-state index in [1.54, 1.807) is 14.2 Å². The first-order valence-electron chi connectivity index (χ1n) is 5.13. The number of methoxy groups -OCH3 is 2. The monoisotopic (exact) mass is 243 g/mol. The lowest BCUT2D eigenvalue weighted by Gasteiger charge is -2.21. The molecule has 1 aromatic rings. The number of halogens is 1. The number of aryl methyl sites for hydroxylation is 1. The van der Waals surface area contributed by atoms with Crippen LogP contribution >= 0.6 is 11.6 Å². The summed E-state index contributed by atoms with van der Waals surface area (Å²) in [6.45, 7) is 4.30. The molecule has 0 saturated heterocycles. The van der Waals surface area contributed by atoms with Gasteiger partial charge in [0.25, 0.3) is 0 Å². The highest BCUT2D eigenvalue weighted by Crippen LogP contribution is 2.36. The molecule has 0 aliphatic carbocycles. The maximum absolute atomic E-state index is 6.22. The van der Waals surface area contributed by atoms with Crippen LogP contribution in [0.15, 0.2) is 6.07 Å². The average molecular weight is 244 g/mol. The molecular formula is C12H18ClNO2. The van der Waals surface area contributed by atoms with Crippen molar-refractivity contribution < 1.29 is 9.47 Å². The molecule has 0 aliphatic rings. The summed E-state index contributed by atoms with van der Waals surface area (Å²) in [5.74, 6) is 0.775. The van der Waals surface area contributed by atoms with Gasteiger partial charge in [0.2, 0.25) is 0 Å². The third kappa shape index (κ3) is 2.32. The summed E-state index contributed by atoms with van der Waals surface area (Å²) < 4.78 is 10.7. The van der Waals surface area contributed by atoms with Gasteiger partial charge in [-0.05, 0) is 31.0 Å². The molecule has 1 aromatic carbocycles. The second kappa shape index (κ2) is 5.53. The maximum Gasteiger partial charge on any atom is 0.125 e. The third-order valence-corrected chi connectivity index (χ3v) is 3.31. The predicted molar refractivity (Wildman–Crippen MR) is 66.3 cm³/mol. The summed E-state index contributed by atoms with van der Waals surface area (Å²) in [6.07, 6.45) is -0.187. The van der Waals surface area contributed by atoms with Crippen LogP contribution in [-0.2, 0) is 4.74 Å². The van der Waals surface area contributed by atoms with E-state index in [1.807, 2.05) is 19.9 Å². The van der Waals surface area contributed by atoms with E-state index in [9.17, 15) is 0 Å². The molecule has 3 nitrogen and oxygen atoms in total. The predicted octanol–water partition coefficient (Wildman–Crippen LogP) is 2.61. The standard InChI is InChI=1S/C12H18ClNO2/c1-7-5-9(15-3)11(8(2)12(7)13)10(6-14)16-4/h5,10H,6,14H2,1-4H3. The summed E-state index contributed by atoms with van der Waals surface area (Å²) in [6, 6.07) is 1.91. The molecule has 1 unspecified atom stereocenters. The van der Waals surface area contributed by atoms with Gasteiger partial charge in [-0.15, -0.1) is 0 Å². The first kappa shape index (κ1) is 13.3. The molecule has 0 saturated carbocycles. The van der Waals surface area contributed by atoms with Crippen molar-refractivity contribution >= 4 is 11.6 Å². The fraction of sp³-hybridized carbons (Fsp3) is 0.500. The van der Waals surface area contributed by atoms with Crippen molar-refractivity contribution in [2.24, 2.45) is 5.73 Å². The van der Waals surface area contributed by atoms with Crippen LogP contribution in [0.5, 0.6) is 5.75 Å². The molecule has 0 heterocycles. The fourth-order valence-electron chi connectivity index (χ4n) is 1.84. The Kier molecular flexibility index (Phi) is 4.59. The van der Waals surface area contributed by atoms with Crippen molar-refractivity contribution in [2.75, 3.05) is 20.8 Å². The Bertz CT molecular complexity index is 376. The zero-order valence-electron chi connectivity index (χ0n) is 10.1. The van der Waals surface area contributed by atoms with Gasteiger partial charge in [0.15, 0.2) is 0 Å². The molecule has 0 aliphatic heterocycles. The first-order valence-corrected chi connectivity index (χ1v) is 5.51. The Hall–Kier alpha value is -0.770. The Morgan fingerprint density at radius 1 is 1.38 bits per heavy atom. The molecule has 0 fully saturated rings. The van der Waals surface area contributed by atoms with Crippen LogP contribution in [0.25, 0.3) is 0 Å². The Morgan fingerprint density at radius 3 is 2.44 bits per heavy atom. The van der Waals surface area contributed by atoms with E-state index >= 15 is 0 Å². The molecule has 1 rings (SSSR count). The zero-order valence-corrected chi connectivity index (χ0v) is 10.9. The molecule has 0 aromatic heterocycles. The van der Waals surface area contributed by atoms with Crippen LogP contribution in [0, 0.1) is 13.8 Å². The lowest BCUT2D eigenvalue weighted by molar-refractivity contribution is 0.107. The lowest BCUT2D eigenvalue weighted by Crippen LogP contribution is -2.16. The minimum absolute atomic E-state index is 0.187. The first-order chi connectivity index (χ1) is 7.56. The molecule has 90 valence electrons. The SMILES string of the molecule is COc1cc(C)c(Cl)c(C)c1C(CN)OC. The van der Waals surface area contributed by atoms with Crippen molar-refractivity contribution in [3.05, 3.63) is 27.8 Å². The van der Waals surface area contributed by atoms with E-state index in [4.69, 9.17) is 26.8 Å². The van der Waals surface area contributed by atoms with Gasteiger partial charge in [-0.3, -0.25) is 0 Å². The van der Waals surface area contributed by atoms with Crippen molar-refractivity contribution in [1.82, 2.24) is 0 Å². The summed E-state index contributed by atoms with van der Waals surface area (Å²) in [7, 11) is 3.26. The van der Waals surface area contributed by atoms with Gasteiger partial charge in [-0.1, -0.05) is 11.6 Å². The molecule has 4 heteroatoms. The van der Waals surface area contributed by atoms with Gasteiger partial charge in [0.05, 0.1) is 13.2 Å². The number of ether oxygens (including phenoxy) is 2. The van der Waals surface area contributed by atoms with Gasteiger partial charge in [0, 0.05) is 24.2 Å². The summed E-state index contributed by atoms with van der Waals surface area (Å²) in [4.78, 5) is 0. The largest absolute Gasteiger partial charge is 0.496 e. The summed E-state index contributed by atoms with van der Waals surface area (Å²) >= 11 is 6.22. The summed E-state index contributed by atoms with van der Waals surface area (Å²) in [5.41, 5.74) is 8.57. The van der Waals surface area contributed by atoms with Crippen LogP contribution < -0.4 is 10.5 Å². The maximum atomic E-state index is 6.22. The molecule has 0 amide bonds. The van der Waals surface area contributed by atoms with Crippen molar-refractivity contribution in [2.45, 2.75) is 20.0 Å². The molecule has 2 N–H and O–H groups in total. The molecule has 1 atom stereocenters. The molecule has 0 radical (unpaired) electrons. The van der Waals surface area contributed by atoms with Crippen LogP contribution in [0.3, 0.4) is 0 Å². The minimum Gasteiger partial charge on any atom is -0.496 e. The minimum atomic E-state index is -0.187. The highest BCUT2D eigenvalue weighted by Gasteiger charge is 2.20. The van der Waals surface area contributed by atoms with E-state index < -0.39 is 0 Å². The lowest BCUT2D eigenvalue weighted by atomic mass is 9.99. The molecular weight excluding hydrogens is 226 g/mol. The second-order valence-corrected chi connectivity index (χ2v) is 4.09. The Labute approximate surface area is 101 Å². The van der Waals surface area contributed by atoms with Gasteiger partial charge >= 0.3 is 0 Å². The van der Waals surface area contributed by atoms with Crippen LogP contribution in [0.1, 0.15) is 22.8 Å². The Morgan fingerprint density at radius 2 is 2.00 bits per heavy atom. The number of hydrogen-bond donors (Lipinski definition) is 1. The van der Waals surface area contributed by atoms with Gasteiger partial charge in [0.1, 0.15) is 5.75 Å². The topological polar surface area (TPSA) is 44.5 Å². The van der Waals surface area contributed by atoms with Gasteiger partial charge in [-0.25, -0.2) is 0 Å². The van der Waals surface area contributed by atoms with E-state index in [0.717, 1.165) is 27.5 Å². The smallest absolute Gasteiger partial charge is 0.125 e. The highest BCUT2D eigenvalue weighted by molar-refractivity contribution is 6.32. The van der Waals surface area contributed by atoms with E-state index in [1.165, 1.54) is 0 Å². The molecule has 0 spiro atoms. The van der Waals surface area contributed by atoms with Crippen molar-refractivity contribution in [3.8, 4) is 5.75 Å². The second-order valence-electron chi connectivity index (χ2n) is 3.71. The van der Waals surface area contributed by atoms with Gasteiger partial charge < -0.3 is 15.2 Å². The van der Waals surface area contributed by atoms with E-state index in [2.05, 4.69) is 0 Å². The quantitative estimate of drug-likeness (QED) is 0.884. The van der Waals surface area contributed by atoms with Gasteiger partial charge in [-0.2, -0.15) is 0 Å². The molecule has 16 heavy (non-hydrogen) atoms. The fourth-order valence-corrected chi connectivity index (χ4v) is 1.99.